The van der Waals surface area contributed by atoms with E-state index >= 15 is 0 Å². The highest BCUT2D eigenvalue weighted by molar-refractivity contribution is 7.14. The maximum absolute atomic E-state index is 12.9. The number of nitrogens with one attached hydrogen (secondary N) is 1. The van der Waals surface area contributed by atoms with Crippen molar-refractivity contribution < 1.29 is 9.18 Å². The summed E-state index contributed by atoms with van der Waals surface area (Å²) in [5, 5.41) is 2.88. The molecule has 1 aromatic carbocycles. The van der Waals surface area contributed by atoms with E-state index in [0.29, 0.717) is 11.4 Å². The lowest BCUT2D eigenvalue weighted by Gasteiger charge is -2.13. The number of benzene rings is 1. The molecule has 0 aliphatic rings. The number of rotatable bonds is 3. The summed E-state index contributed by atoms with van der Waals surface area (Å²) in [4.78, 5) is 13.5. The van der Waals surface area contributed by atoms with E-state index in [9.17, 15) is 9.18 Å². The minimum atomic E-state index is -0.293. The van der Waals surface area contributed by atoms with Crippen LogP contribution in [0.3, 0.4) is 0 Å². The molecule has 0 saturated carbocycles. The second-order valence-corrected chi connectivity index (χ2v) is 5.50. The fraction of sp³-hybridized carbons (Fsp3) is 0.188. The van der Waals surface area contributed by atoms with Crippen molar-refractivity contribution in [1.82, 2.24) is 5.32 Å². The van der Waals surface area contributed by atoms with Gasteiger partial charge in [0.05, 0.1) is 22.3 Å². The Morgan fingerprint density at radius 2 is 2.05 bits per heavy atom. The zero-order valence-electron chi connectivity index (χ0n) is 11.5. The molecule has 0 saturated heterocycles. The summed E-state index contributed by atoms with van der Waals surface area (Å²) in [7, 11) is 0. The van der Waals surface area contributed by atoms with E-state index < -0.39 is 0 Å². The Bertz CT molecular complexity index is 682. The minimum Gasteiger partial charge on any atom is -0.345 e. The largest absolute Gasteiger partial charge is 0.345 e. The van der Waals surface area contributed by atoms with Gasteiger partial charge in [-0.15, -0.1) is 11.3 Å². The smallest absolute Gasteiger partial charge is 0.261 e. The predicted molar refractivity (Wildman–Crippen MR) is 82.5 cm³/mol. The van der Waals surface area contributed by atoms with Crippen LogP contribution in [0.15, 0.2) is 36.4 Å². The normalized spacial score (nSPS) is 11.4. The van der Waals surface area contributed by atoms with Gasteiger partial charge in [0.2, 0.25) is 0 Å². The first-order chi connectivity index (χ1) is 10.1. The van der Waals surface area contributed by atoms with E-state index in [0.717, 1.165) is 10.4 Å². The van der Waals surface area contributed by atoms with E-state index in [4.69, 9.17) is 5.73 Å². The summed E-state index contributed by atoms with van der Waals surface area (Å²) in [6.45, 7) is 2.15. The average Bonchev–Trinajstić information content (AvgIpc) is 2.94. The molecule has 0 radical (unpaired) electrons. The highest BCUT2D eigenvalue weighted by Crippen LogP contribution is 2.18. The SMILES string of the molecule is CC(NC(=O)c1ccc(C#CCN)s1)c1ccc(F)cc1. The average molecular weight is 302 g/mol. The molecule has 108 valence electrons. The van der Waals surface area contributed by atoms with Crippen LogP contribution < -0.4 is 11.1 Å². The van der Waals surface area contributed by atoms with E-state index in [2.05, 4.69) is 17.2 Å². The van der Waals surface area contributed by atoms with Gasteiger partial charge in [-0.3, -0.25) is 4.79 Å². The zero-order chi connectivity index (χ0) is 15.2. The Kier molecular flexibility index (Phi) is 5.09. The summed E-state index contributed by atoms with van der Waals surface area (Å²) in [5.41, 5.74) is 6.16. The molecule has 1 atom stereocenters. The van der Waals surface area contributed by atoms with E-state index in [1.807, 2.05) is 6.92 Å². The molecule has 3 N–H and O–H groups in total. The molecule has 3 nitrogen and oxygen atoms in total. The van der Waals surface area contributed by atoms with Crippen molar-refractivity contribution in [3.8, 4) is 11.8 Å². The molecule has 0 bridgehead atoms. The van der Waals surface area contributed by atoms with Gasteiger partial charge in [-0.2, -0.15) is 0 Å². The van der Waals surface area contributed by atoms with E-state index in [1.165, 1.54) is 23.5 Å². The van der Waals surface area contributed by atoms with Crippen molar-refractivity contribution in [2.24, 2.45) is 5.73 Å². The highest BCUT2D eigenvalue weighted by Gasteiger charge is 2.13. The number of nitrogens with two attached hydrogens (primary N) is 1. The zero-order valence-corrected chi connectivity index (χ0v) is 12.3. The second-order valence-electron chi connectivity index (χ2n) is 4.42. The second kappa shape index (κ2) is 7.02. The van der Waals surface area contributed by atoms with Crippen molar-refractivity contribution in [3.63, 3.8) is 0 Å². The number of thiophene rings is 1. The molecular weight excluding hydrogens is 287 g/mol. The lowest BCUT2D eigenvalue weighted by Crippen LogP contribution is -2.25. The van der Waals surface area contributed by atoms with Gasteiger partial charge in [0.1, 0.15) is 5.82 Å². The van der Waals surface area contributed by atoms with Crippen molar-refractivity contribution in [2.45, 2.75) is 13.0 Å². The standard InChI is InChI=1S/C16H15FN2OS/c1-11(12-4-6-13(17)7-5-12)19-16(20)15-9-8-14(21-15)3-2-10-18/h4-9,11H,10,18H2,1H3,(H,19,20). The molecule has 21 heavy (non-hydrogen) atoms. The molecule has 2 aromatic rings. The van der Waals surface area contributed by atoms with Crippen LogP contribution in [0.5, 0.6) is 0 Å². The van der Waals surface area contributed by atoms with Crippen LogP contribution in [0.2, 0.25) is 0 Å². The topological polar surface area (TPSA) is 55.1 Å². The third-order valence-corrected chi connectivity index (χ3v) is 3.86. The van der Waals surface area contributed by atoms with Crippen LogP contribution in [-0.2, 0) is 0 Å². The Labute approximate surface area is 127 Å². The Morgan fingerprint density at radius 3 is 2.71 bits per heavy atom. The molecular formula is C16H15FN2OS. The van der Waals surface area contributed by atoms with E-state index in [-0.39, 0.29) is 17.8 Å². The highest BCUT2D eigenvalue weighted by atomic mass is 32.1. The molecule has 5 heteroatoms. The fourth-order valence-electron chi connectivity index (χ4n) is 1.77. The Morgan fingerprint density at radius 1 is 1.33 bits per heavy atom. The third kappa shape index (κ3) is 4.15. The molecule has 1 aromatic heterocycles. The van der Waals surface area contributed by atoms with Gasteiger partial charge in [0.25, 0.3) is 5.91 Å². The maximum Gasteiger partial charge on any atom is 0.261 e. The summed E-state index contributed by atoms with van der Waals surface area (Å²) < 4.78 is 12.9. The summed E-state index contributed by atoms with van der Waals surface area (Å²) in [5.74, 6) is 5.18. The minimum absolute atomic E-state index is 0.169. The van der Waals surface area contributed by atoms with Gasteiger partial charge >= 0.3 is 0 Å². The lowest BCUT2D eigenvalue weighted by molar-refractivity contribution is 0.0944. The first kappa shape index (κ1) is 15.2. The monoisotopic (exact) mass is 302 g/mol. The van der Waals surface area contributed by atoms with Crippen LogP contribution >= 0.6 is 11.3 Å². The van der Waals surface area contributed by atoms with E-state index in [1.54, 1.807) is 24.3 Å². The molecule has 0 aliphatic heterocycles. The Balaban J connectivity index is 2.03. The van der Waals surface area contributed by atoms with Crippen LogP contribution in [0.4, 0.5) is 4.39 Å². The van der Waals surface area contributed by atoms with Gasteiger partial charge in [0.15, 0.2) is 0 Å². The van der Waals surface area contributed by atoms with Gasteiger partial charge in [-0.1, -0.05) is 24.0 Å². The Hall–Kier alpha value is -2.16. The molecule has 0 aliphatic carbocycles. The molecule has 2 rings (SSSR count). The van der Waals surface area contributed by atoms with Gasteiger partial charge < -0.3 is 11.1 Å². The predicted octanol–water partition coefficient (Wildman–Crippen LogP) is 2.69. The first-order valence-electron chi connectivity index (χ1n) is 6.45. The number of hydrogen-bond donors (Lipinski definition) is 2. The number of carbonyl (C=O) groups excluding carboxylic acids is 1. The van der Waals surface area contributed by atoms with Crippen molar-refractivity contribution in [1.29, 1.82) is 0 Å². The lowest BCUT2D eigenvalue weighted by atomic mass is 10.1. The quantitative estimate of drug-likeness (QED) is 0.857. The molecule has 0 spiro atoms. The van der Waals surface area contributed by atoms with Crippen LogP contribution in [-0.4, -0.2) is 12.5 Å². The van der Waals surface area contributed by atoms with Gasteiger partial charge in [-0.25, -0.2) is 4.39 Å². The summed E-state index contributed by atoms with van der Waals surface area (Å²) >= 11 is 1.32. The maximum atomic E-state index is 12.9. The first-order valence-corrected chi connectivity index (χ1v) is 7.27. The summed E-state index contributed by atoms with van der Waals surface area (Å²) in [6, 6.07) is 9.41. The molecule has 1 unspecified atom stereocenters. The van der Waals surface area contributed by atoms with Gasteiger partial charge in [0, 0.05) is 0 Å². The molecule has 1 heterocycles. The number of amides is 1. The van der Waals surface area contributed by atoms with Crippen molar-refractivity contribution in [3.05, 3.63) is 57.5 Å². The number of hydrogen-bond acceptors (Lipinski definition) is 3. The van der Waals surface area contributed by atoms with Crippen molar-refractivity contribution >= 4 is 17.2 Å². The summed E-state index contributed by atoms with van der Waals surface area (Å²) in [6.07, 6.45) is 0. The third-order valence-electron chi connectivity index (χ3n) is 2.86. The van der Waals surface area contributed by atoms with Crippen molar-refractivity contribution in [2.75, 3.05) is 6.54 Å². The van der Waals surface area contributed by atoms with Crippen LogP contribution in [0, 0.1) is 17.7 Å². The number of carbonyl (C=O) groups is 1. The van der Waals surface area contributed by atoms with Crippen LogP contribution in [0.25, 0.3) is 0 Å². The fourth-order valence-corrected chi connectivity index (χ4v) is 2.55. The number of halogens is 1. The van der Waals surface area contributed by atoms with Crippen LogP contribution in [0.1, 0.15) is 33.1 Å². The molecule has 0 fully saturated rings. The molecule has 1 amide bonds. The van der Waals surface area contributed by atoms with Gasteiger partial charge in [-0.05, 0) is 36.8 Å².